The lowest BCUT2D eigenvalue weighted by Crippen LogP contribution is -2.27. The molecule has 1 N–H and O–H groups in total. The van der Waals surface area contributed by atoms with E-state index in [1.54, 1.807) is 0 Å². The first-order valence-corrected chi connectivity index (χ1v) is 7.26. The monoisotopic (exact) mass is 271 g/mol. The number of nitrogens with one attached hydrogen (secondary N) is 1. The molecule has 0 aliphatic rings. The maximum Gasteiger partial charge on any atom is 0.246 e. The molecule has 1 amide bonds. The zero-order valence-corrected chi connectivity index (χ0v) is 12.7. The molecule has 0 unspecified atom stereocenters. The van der Waals surface area contributed by atoms with E-state index in [1.807, 2.05) is 31.2 Å². The fourth-order valence-corrected chi connectivity index (χ4v) is 1.71. The molecule has 0 saturated carbocycles. The van der Waals surface area contributed by atoms with Crippen molar-refractivity contribution in [3.05, 3.63) is 53.6 Å². The van der Waals surface area contributed by atoms with Gasteiger partial charge in [0.25, 0.3) is 0 Å². The minimum atomic E-state index is 0.0470. The normalized spacial score (nSPS) is 12.1. The molecule has 0 aliphatic carbocycles. The zero-order chi connectivity index (χ0) is 14.8. The third kappa shape index (κ3) is 6.93. The van der Waals surface area contributed by atoms with Crippen LogP contribution in [0.1, 0.15) is 39.2 Å². The van der Waals surface area contributed by atoms with Crippen LogP contribution >= 0.6 is 0 Å². The molecule has 0 aromatic heterocycles. The van der Waals surface area contributed by atoms with Crippen LogP contribution in [-0.4, -0.2) is 12.5 Å². The molecule has 2 heteroatoms. The molecule has 0 saturated heterocycles. The van der Waals surface area contributed by atoms with Crippen molar-refractivity contribution in [1.82, 2.24) is 5.32 Å². The number of carbonyl (C=O) groups is 1. The SMILES string of the molecule is C/C(=C\CC/C=C\c1ccccc1)C(=O)NCC(C)C. The van der Waals surface area contributed by atoms with Gasteiger partial charge in [0.15, 0.2) is 0 Å². The average molecular weight is 271 g/mol. The van der Waals surface area contributed by atoms with Gasteiger partial charge in [-0.1, -0.05) is 62.4 Å². The van der Waals surface area contributed by atoms with Gasteiger partial charge in [-0.05, 0) is 31.2 Å². The molecule has 0 fully saturated rings. The second-order valence-corrected chi connectivity index (χ2v) is 5.38. The number of hydrogen-bond donors (Lipinski definition) is 1. The Labute approximate surface area is 122 Å². The van der Waals surface area contributed by atoms with E-state index < -0.39 is 0 Å². The van der Waals surface area contributed by atoms with Gasteiger partial charge >= 0.3 is 0 Å². The molecule has 0 radical (unpaired) electrons. The molecule has 108 valence electrons. The summed E-state index contributed by atoms with van der Waals surface area (Å²) < 4.78 is 0. The zero-order valence-electron chi connectivity index (χ0n) is 12.7. The Hall–Kier alpha value is -1.83. The number of unbranched alkanes of at least 4 members (excludes halogenated alkanes) is 1. The molecule has 0 atom stereocenters. The van der Waals surface area contributed by atoms with Crippen molar-refractivity contribution in [3.63, 3.8) is 0 Å². The summed E-state index contributed by atoms with van der Waals surface area (Å²) in [6, 6.07) is 10.2. The van der Waals surface area contributed by atoms with Gasteiger partial charge < -0.3 is 5.32 Å². The van der Waals surface area contributed by atoms with Gasteiger partial charge in [0.05, 0.1) is 0 Å². The second-order valence-electron chi connectivity index (χ2n) is 5.38. The van der Waals surface area contributed by atoms with E-state index in [-0.39, 0.29) is 5.91 Å². The summed E-state index contributed by atoms with van der Waals surface area (Å²) in [5.41, 5.74) is 2.02. The molecule has 0 heterocycles. The largest absolute Gasteiger partial charge is 0.352 e. The summed E-state index contributed by atoms with van der Waals surface area (Å²) in [7, 11) is 0. The summed E-state index contributed by atoms with van der Waals surface area (Å²) in [6.07, 6.45) is 8.10. The number of carbonyl (C=O) groups excluding carboxylic acids is 1. The van der Waals surface area contributed by atoms with Crippen LogP contribution in [-0.2, 0) is 4.79 Å². The van der Waals surface area contributed by atoms with Gasteiger partial charge in [-0.2, -0.15) is 0 Å². The third-order valence-corrected chi connectivity index (χ3v) is 2.92. The third-order valence-electron chi connectivity index (χ3n) is 2.92. The molecule has 1 aromatic carbocycles. The highest BCUT2D eigenvalue weighted by Gasteiger charge is 2.03. The smallest absolute Gasteiger partial charge is 0.246 e. The van der Waals surface area contributed by atoms with Crippen molar-refractivity contribution < 1.29 is 4.79 Å². The van der Waals surface area contributed by atoms with Gasteiger partial charge in [-0.15, -0.1) is 0 Å². The Morgan fingerprint density at radius 3 is 2.55 bits per heavy atom. The number of hydrogen-bond acceptors (Lipinski definition) is 1. The molecule has 0 spiro atoms. The fraction of sp³-hybridized carbons (Fsp3) is 0.389. The number of rotatable bonds is 7. The average Bonchev–Trinajstić information content (AvgIpc) is 2.45. The van der Waals surface area contributed by atoms with Crippen molar-refractivity contribution in [2.24, 2.45) is 5.92 Å². The molecule has 2 nitrogen and oxygen atoms in total. The van der Waals surface area contributed by atoms with Gasteiger partial charge in [0.2, 0.25) is 5.91 Å². The highest BCUT2D eigenvalue weighted by molar-refractivity contribution is 5.92. The van der Waals surface area contributed by atoms with Crippen molar-refractivity contribution in [3.8, 4) is 0 Å². The van der Waals surface area contributed by atoms with E-state index in [0.717, 1.165) is 25.0 Å². The summed E-state index contributed by atoms with van der Waals surface area (Å²) >= 11 is 0. The first-order valence-electron chi connectivity index (χ1n) is 7.26. The van der Waals surface area contributed by atoms with Gasteiger partial charge in [0.1, 0.15) is 0 Å². The van der Waals surface area contributed by atoms with Crippen molar-refractivity contribution in [2.75, 3.05) is 6.54 Å². The minimum absolute atomic E-state index is 0.0470. The Morgan fingerprint density at radius 2 is 1.90 bits per heavy atom. The molecule has 0 bridgehead atoms. The number of benzene rings is 1. The lowest BCUT2D eigenvalue weighted by atomic mass is 10.1. The number of amides is 1. The predicted octanol–water partition coefficient (Wildman–Crippen LogP) is 4.20. The second kappa shape index (κ2) is 9.13. The van der Waals surface area contributed by atoms with Crippen molar-refractivity contribution in [2.45, 2.75) is 33.6 Å². The Balaban J connectivity index is 2.29. The van der Waals surface area contributed by atoms with Crippen LogP contribution in [0.15, 0.2) is 48.1 Å². The van der Waals surface area contributed by atoms with Crippen LogP contribution in [0.3, 0.4) is 0 Å². The minimum Gasteiger partial charge on any atom is -0.352 e. The van der Waals surface area contributed by atoms with Crippen LogP contribution in [0, 0.1) is 5.92 Å². The lowest BCUT2D eigenvalue weighted by molar-refractivity contribution is -0.117. The highest BCUT2D eigenvalue weighted by atomic mass is 16.1. The number of allylic oxidation sites excluding steroid dienone is 2. The summed E-state index contributed by atoms with van der Waals surface area (Å²) in [5, 5.41) is 2.92. The van der Waals surface area contributed by atoms with Crippen LogP contribution in [0.4, 0.5) is 0 Å². The topological polar surface area (TPSA) is 29.1 Å². The summed E-state index contributed by atoms with van der Waals surface area (Å²) in [4.78, 5) is 11.7. The van der Waals surface area contributed by atoms with Gasteiger partial charge in [-0.25, -0.2) is 0 Å². The lowest BCUT2D eigenvalue weighted by Gasteiger charge is -2.07. The van der Waals surface area contributed by atoms with Crippen molar-refractivity contribution in [1.29, 1.82) is 0 Å². The van der Waals surface area contributed by atoms with E-state index in [9.17, 15) is 4.79 Å². The molecular weight excluding hydrogens is 246 g/mol. The predicted molar refractivity (Wildman–Crippen MR) is 86.3 cm³/mol. The molecular formula is C18H25NO. The maximum absolute atomic E-state index is 11.7. The first-order chi connectivity index (χ1) is 9.59. The first kappa shape index (κ1) is 16.2. The van der Waals surface area contributed by atoms with Crippen LogP contribution in [0.5, 0.6) is 0 Å². The van der Waals surface area contributed by atoms with E-state index in [2.05, 4.69) is 43.4 Å². The molecule has 0 aliphatic heterocycles. The fourth-order valence-electron chi connectivity index (χ4n) is 1.71. The van der Waals surface area contributed by atoms with Crippen LogP contribution in [0.2, 0.25) is 0 Å². The van der Waals surface area contributed by atoms with Crippen LogP contribution in [0.25, 0.3) is 6.08 Å². The van der Waals surface area contributed by atoms with E-state index in [4.69, 9.17) is 0 Å². The molecule has 1 aromatic rings. The van der Waals surface area contributed by atoms with E-state index in [1.165, 1.54) is 5.56 Å². The molecule has 20 heavy (non-hydrogen) atoms. The summed E-state index contributed by atoms with van der Waals surface area (Å²) in [6.45, 7) is 6.79. The van der Waals surface area contributed by atoms with Crippen molar-refractivity contribution >= 4 is 12.0 Å². The Bertz CT molecular complexity index is 458. The Kier molecular flexibility index (Phi) is 7.41. The van der Waals surface area contributed by atoms with E-state index >= 15 is 0 Å². The standard InChI is InChI=1S/C18H25NO/c1-15(2)14-19-18(20)16(3)10-6-4-7-11-17-12-8-5-9-13-17/h5,7-13,15H,4,6,14H2,1-3H3,(H,19,20)/b11-7-,16-10+. The van der Waals surface area contributed by atoms with E-state index in [0.29, 0.717) is 5.92 Å². The van der Waals surface area contributed by atoms with Gasteiger partial charge in [-0.3, -0.25) is 4.79 Å². The maximum atomic E-state index is 11.7. The summed E-state index contributed by atoms with van der Waals surface area (Å²) in [5.74, 6) is 0.534. The molecule has 1 rings (SSSR count). The van der Waals surface area contributed by atoms with Gasteiger partial charge in [0, 0.05) is 12.1 Å². The Morgan fingerprint density at radius 1 is 1.20 bits per heavy atom. The quantitative estimate of drug-likeness (QED) is 0.584. The van der Waals surface area contributed by atoms with Crippen LogP contribution < -0.4 is 5.32 Å². The highest BCUT2D eigenvalue weighted by Crippen LogP contribution is 2.05.